The second-order valence-corrected chi connectivity index (χ2v) is 5.46. The van der Waals surface area contributed by atoms with Crippen LogP contribution in [0.4, 0.5) is 21.6 Å². The van der Waals surface area contributed by atoms with Gasteiger partial charge in [0.15, 0.2) is 0 Å². The highest BCUT2D eigenvalue weighted by Gasteiger charge is 2.11. The second kappa shape index (κ2) is 7.88. The SMILES string of the molecule is N#Cc1cnc(C(=O)Nc2ccc(F)c(CNc3cccnc3N)c2)nc1. The summed E-state index contributed by atoms with van der Waals surface area (Å²) < 4.78 is 14.1. The van der Waals surface area contributed by atoms with E-state index in [2.05, 4.69) is 25.6 Å². The molecule has 0 unspecified atom stereocenters. The minimum atomic E-state index is -0.568. The molecule has 3 aromatic rings. The van der Waals surface area contributed by atoms with Crippen LogP contribution in [0.2, 0.25) is 0 Å². The molecule has 27 heavy (non-hydrogen) atoms. The Morgan fingerprint density at radius 1 is 1.22 bits per heavy atom. The van der Waals surface area contributed by atoms with Crippen molar-refractivity contribution in [1.29, 1.82) is 5.26 Å². The van der Waals surface area contributed by atoms with E-state index >= 15 is 0 Å². The highest BCUT2D eigenvalue weighted by Crippen LogP contribution is 2.19. The molecule has 1 amide bonds. The Morgan fingerprint density at radius 3 is 2.70 bits per heavy atom. The number of anilines is 3. The van der Waals surface area contributed by atoms with Crippen LogP contribution in [0.3, 0.4) is 0 Å². The lowest BCUT2D eigenvalue weighted by atomic mass is 10.1. The van der Waals surface area contributed by atoms with Crippen LogP contribution in [0.15, 0.2) is 48.9 Å². The molecule has 0 radical (unpaired) electrons. The number of hydrogen-bond acceptors (Lipinski definition) is 7. The van der Waals surface area contributed by atoms with Crippen LogP contribution in [0.5, 0.6) is 0 Å². The van der Waals surface area contributed by atoms with E-state index in [1.54, 1.807) is 18.3 Å². The van der Waals surface area contributed by atoms with Crippen molar-refractivity contribution in [3.05, 3.63) is 71.7 Å². The Labute approximate surface area is 153 Å². The van der Waals surface area contributed by atoms with Crippen molar-refractivity contribution >= 4 is 23.1 Å². The molecule has 0 saturated heterocycles. The predicted molar refractivity (Wildman–Crippen MR) is 97.1 cm³/mol. The molecular weight excluding hydrogens is 349 g/mol. The van der Waals surface area contributed by atoms with Gasteiger partial charge >= 0.3 is 0 Å². The first kappa shape index (κ1) is 17.8. The largest absolute Gasteiger partial charge is 0.382 e. The minimum absolute atomic E-state index is 0.0962. The van der Waals surface area contributed by atoms with Crippen molar-refractivity contribution in [3.63, 3.8) is 0 Å². The number of nitriles is 1. The molecule has 3 rings (SSSR count). The monoisotopic (exact) mass is 363 g/mol. The summed E-state index contributed by atoms with van der Waals surface area (Å²) in [5.41, 5.74) is 7.28. The van der Waals surface area contributed by atoms with E-state index in [0.717, 1.165) is 0 Å². The van der Waals surface area contributed by atoms with E-state index < -0.39 is 11.7 Å². The highest BCUT2D eigenvalue weighted by molar-refractivity contribution is 6.01. The molecule has 134 valence electrons. The first-order chi connectivity index (χ1) is 13.1. The molecule has 0 aliphatic rings. The summed E-state index contributed by atoms with van der Waals surface area (Å²) in [6.45, 7) is 0.152. The van der Waals surface area contributed by atoms with Gasteiger partial charge in [-0.15, -0.1) is 0 Å². The van der Waals surface area contributed by atoms with Gasteiger partial charge in [-0.2, -0.15) is 5.26 Å². The zero-order valence-corrected chi connectivity index (χ0v) is 14.0. The lowest BCUT2D eigenvalue weighted by molar-refractivity contribution is 0.101. The molecule has 1 aromatic carbocycles. The average Bonchev–Trinajstić information content (AvgIpc) is 2.69. The Morgan fingerprint density at radius 2 is 2.00 bits per heavy atom. The molecule has 0 aliphatic heterocycles. The quantitative estimate of drug-likeness (QED) is 0.634. The number of nitrogen functional groups attached to an aromatic ring is 1. The number of hydrogen-bond donors (Lipinski definition) is 3. The summed E-state index contributed by atoms with van der Waals surface area (Å²) in [7, 11) is 0. The number of carbonyl (C=O) groups excluding carboxylic acids is 1. The zero-order chi connectivity index (χ0) is 19.2. The van der Waals surface area contributed by atoms with Gasteiger partial charge in [0.05, 0.1) is 11.3 Å². The van der Waals surface area contributed by atoms with E-state index in [1.807, 2.05) is 6.07 Å². The van der Waals surface area contributed by atoms with Crippen LogP contribution >= 0.6 is 0 Å². The molecular formula is C18H14FN7O. The number of aromatic nitrogens is 3. The van der Waals surface area contributed by atoms with E-state index in [9.17, 15) is 9.18 Å². The summed E-state index contributed by atoms with van der Waals surface area (Å²) >= 11 is 0. The number of halogens is 1. The Kier molecular flexibility index (Phi) is 5.18. The van der Waals surface area contributed by atoms with Gasteiger partial charge in [0.1, 0.15) is 17.7 Å². The smallest absolute Gasteiger partial charge is 0.293 e. The summed E-state index contributed by atoms with van der Waals surface area (Å²) in [5.74, 6) is -0.791. The van der Waals surface area contributed by atoms with Gasteiger partial charge in [0.25, 0.3) is 5.91 Å². The van der Waals surface area contributed by atoms with E-state index in [-0.39, 0.29) is 17.9 Å². The molecule has 4 N–H and O–H groups in total. The number of rotatable bonds is 5. The molecule has 0 spiro atoms. The third kappa shape index (κ3) is 4.32. The number of benzene rings is 1. The van der Waals surface area contributed by atoms with Gasteiger partial charge in [-0.25, -0.2) is 19.3 Å². The van der Waals surface area contributed by atoms with Crippen molar-refractivity contribution < 1.29 is 9.18 Å². The number of pyridine rings is 1. The maximum atomic E-state index is 14.1. The number of nitrogens with one attached hydrogen (secondary N) is 2. The van der Waals surface area contributed by atoms with Crippen LogP contribution in [-0.2, 0) is 6.54 Å². The van der Waals surface area contributed by atoms with Gasteiger partial charge < -0.3 is 16.4 Å². The number of amides is 1. The van der Waals surface area contributed by atoms with Gasteiger partial charge in [0.2, 0.25) is 5.82 Å². The van der Waals surface area contributed by atoms with Gasteiger partial charge in [-0.05, 0) is 30.3 Å². The molecule has 0 bridgehead atoms. The third-order valence-corrected chi connectivity index (χ3v) is 3.60. The zero-order valence-electron chi connectivity index (χ0n) is 14.0. The van der Waals surface area contributed by atoms with Crippen molar-refractivity contribution in [3.8, 4) is 6.07 Å². The predicted octanol–water partition coefficient (Wildman–Crippen LogP) is 2.33. The van der Waals surface area contributed by atoms with Gasteiger partial charge in [-0.3, -0.25) is 4.79 Å². The van der Waals surface area contributed by atoms with Gasteiger partial charge in [-0.1, -0.05) is 0 Å². The van der Waals surface area contributed by atoms with Crippen molar-refractivity contribution in [2.24, 2.45) is 0 Å². The fourth-order valence-corrected chi connectivity index (χ4v) is 2.24. The molecule has 9 heteroatoms. The Bertz CT molecular complexity index is 1010. The van der Waals surface area contributed by atoms with Crippen LogP contribution in [-0.4, -0.2) is 20.9 Å². The molecule has 0 atom stereocenters. The molecule has 0 saturated carbocycles. The van der Waals surface area contributed by atoms with Crippen molar-refractivity contribution in [2.45, 2.75) is 6.54 Å². The van der Waals surface area contributed by atoms with E-state index in [0.29, 0.717) is 22.8 Å². The van der Waals surface area contributed by atoms with Gasteiger partial charge in [0, 0.05) is 36.4 Å². The highest BCUT2D eigenvalue weighted by atomic mass is 19.1. The maximum Gasteiger partial charge on any atom is 0.293 e. The Hall–Kier alpha value is -4.06. The minimum Gasteiger partial charge on any atom is -0.382 e. The average molecular weight is 363 g/mol. The first-order valence-corrected chi connectivity index (χ1v) is 7.83. The summed E-state index contributed by atoms with van der Waals surface area (Å²) in [6.07, 6.45) is 4.06. The third-order valence-electron chi connectivity index (χ3n) is 3.60. The van der Waals surface area contributed by atoms with Crippen LogP contribution < -0.4 is 16.4 Å². The van der Waals surface area contributed by atoms with Crippen LogP contribution in [0, 0.1) is 17.1 Å². The topological polar surface area (TPSA) is 130 Å². The first-order valence-electron chi connectivity index (χ1n) is 7.83. The fourth-order valence-electron chi connectivity index (χ4n) is 2.24. The van der Waals surface area contributed by atoms with E-state index in [1.165, 1.54) is 30.6 Å². The lowest BCUT2D eigenvalue weighted by Crippen LogP contribution is -2.16. The number of nitrogens with two attached hydrogens (primary N) is 1. The van der Waals surface area contributed by atoms with E-state index in [4.69, 9.17) is 11.0 Å². The molecule has 2 heterocycles. The standard InChI is InChI=1S/C18H14FN7O/c19-14-4-3-13(26-18(27)17-24-8-11(7-20)9-25-17)6-12(14)10-23-15-2-1-5-22-16(15)21/h1-6,8-9,23H,10H2,(H2,21,22)(H,26,27). The molecule has 0 aliphatic carbocycles. The molecule has 2 aromatic heterocycles. The summed E-state index contributed by atoms with van der Waals surface area (Å²) in [6, 6.07) is 9.49. The van der Waals surface area contributed by atoms with Crippen molar-refractivity contribution in [1.82, 2.24) is 15.0 Å². The lowest BCUT2D eigenvalue weighted by Gasteiger charge is -2.11. The molecule has 0 fully saturated rings. The second-order valence-electron chi connectivity index (χ2n) is 5.46. The number of nitrogens with zero attached hydrogens (tertiary/aromatic N) is 4. The van der Waals surface area contributed by atoms with Crippen molar-refractivity contribution in [2.75, 3.05) is 16.4 Å². The number of carbonyl (C=O) groups is 1. The molecule has 8 nitrogen and oxygen atoms in total. The fraction of sp³-hybridized carbons (Fsp3) is 0.0556. The van der Waals surface area contributed by atoms with Crippen LogP contribution in [0.25, 0.3) is 0 Å². The summed E-state index contributed by atoms with van der Waals surface area (Å²) in [4.78, 5) is 23.8. The maximum absolute atomic E-state index is 14.1. The Balaban J connectivity index is 1.71. The summed E-state index contributed by atoms with van der Waals surface area (Å²) in [5, 5.41) is 14.3. The normalized spacial score (nSPS) is 10.1. The van der Waals surface area contributed by atoms with Crippen LogP contribution in [0.1, 0.15) is 21.7 Å².